The minimum atomic E-state index is -0.249. The third-order valence-corrected chi connectivity index (χ3v) is 4.40. The molecular formula is C19H21FN2O3. The molecule has 0 spiro atoms. The zero-order valence-corrected chi connectivity index (χ0v) is 14.4. The summed E-state index contributed by atoms with van der Waals surface area (Å²) in [5.74, 6) is 0.657. The van der Waals surface area contributed by atoms with Crippen LogP contribution in [-0.4, -0.2) is 51.2 Å². The number of carbonyl (C=O) groups is 1. The van der Waals surface area contributed by atoms with Crippen molar-refractivity contribution in [1.29, 1.82) is 0 Å². The summed E-state index contributed by atoms with van der Waals surface area (Å²) in [4.78, 5) is 16.9. The summed E-state index contributed by atoms with van der Waals surface area (Å²) in [6.45, 7) is 2.54. The number of nitrogens with zero attached hydrogens (tertiary/aromatic N) is 2. The summed E-state index contributed by atoms with van der Waals surface area (Å²) in [5.41, 5.74) is 1.41. The van der Waals surface area contributed by atoms with E-state index in [1.807, 2.05) is 0 Å². The first-order valence-electron chi connectivity index (χ1n) is 8.15. The quantitative estimate of drug-likeness (QED) is 0.855. The molecule has 0 aromatic heterocycles. The maximum atomic E-state index is 13.1. The van der Waals surface area contributed by atoms with E-state index in [9.17, 15) is 9.18 Å². The average Bonchev–Trinajstić information content (AvgIpc) is 2.67. The van der Waals surface area contributed by atoms with Gasteiger partial charge in [0.25, 0.3) is 5.91 Å². The molecular weight excluding hydrogens is 323 g/mol. The van der Waals surface area contributed by atoms with Crippen molar-refractivity contribution in [3.05, 3.63) is 53.8 Å². The molecule has 0 atom stereocenters. The fraction of sp³-hybridized carbons (Fsp3) is 0.316. The number of hydrogen-bond acceptors (Lipinski definition) is 4. The highest BCUT2D eigenvalue weighted by atomic mass is 19.1. The molecule has 0 unspecified atom stereocenters. The molecule has 0 aliphatic carbocycles. The molecule has 0 N–H and O–H groups in total. The molecule has 6 heteroatoms. The van der Waals surface area contributed by atoms with Gasteiger partial charge in [0, 0.05) is 31.9 Å². The Morgan fingerprint density at radius 1 is 0.920 bits per heavy atom. The highest BCUT2D eigenvalue weighted by Crippen LogP contribution is 2.30. The molecule has 0 radical (unpaired) electrons. The van der Waals surface area contributed by atoms with Gasteiger partial charge in [-0.1, -0.05) is 6.07 Å². The Balaban J connectivity index is 1.73. The lowest BCUT2D eigenvalue weighted by Gasteiger charge is -2.36. The van der Waals surface area contributed by atoms with E-state index in [1.54, 1.807) is 35.2 Å². The van der Waals surface area contributed by atoms with Crippen LogP contribution in [0, 0.1) is 5.82 Å². The molecule has 3 rings (SSSR count). The van der Waals surface area contributed by atoms with Gasteiger partial charge in [0.05, 0.1) is 14.2 Å². The van der Waals surface area contributed by atoms with Crippen LogP contribution in [0.3, 0.4) is 0 Å². The highest BCUT2D eigenvalue weighted by molar-refractivity contribution is 5.99. The number of hydrogen-bond donors (Lipinski definition) is 0. The van der Waals surface area contributed by atoms with Gasteiger partial charge in [-0.3, -0.25) is 4.79 Å². The second-order valence-electron chi connectivity index (χ2n) is 5.79. The lowest BCUT2D eigenvalue weighted by atomic mass is 10.1. The number of methoxy groups -OCH3 is 2. The van der Waals surface area contributed by atoms with Crippen molar-refractivity contribution in [3.8, 4) is 11.5 Å². The number of rotatable bonds is 4. The molecule has 2 aromatic carbocycles. The molecule has 1 heterocycles. The van der Waals surface area contributed by atoms with Crippen LogP contribution in [0.5, 0.6) is 11.5 Å². The number of piperazine rings is 1. The first-order chi connectivity index (χ1) is 12.1. The summed E-state index contributed by atoms with van der Waals surface area (Å²) in [6, 6.07) is 11.7. The second kappa shape index (κ2) is 7.42. The summed E-state index contributed by atoms with van der Waals surface area (Å²) in [5, 5.41) is 0. The normalized spacial score (nSPS) is 14.4. The van der Waals surface area contributed by atoms with Crippen LogP contribution < -0.4 is 14.4 Å². The Bertz CT molecular complexity index is 719. The molecule has 1 saturated heterocycles. The minimum absolute atomic E-state index is 0.104. The van der Waals surface area contributed by atoms with E-state index in [1.165, 1.54) is 26.4 Å². The van der Waals surface area contributed by atoms with Crippen LogP contribution in [0.15, 0.2) is 42.5 Å². The lowest BCUT2D eigenvalue weighted by Crippen LogP contribution is -2.48. The van der Waals surface area contributed by atoms with Gasteiger partial charge in [-0.05, 0) is 36.4 Å². The maximum Gasteiger partial charge on any atom is 0.261 e. The van der Waals surface area contributed by atoms with Crippen LogP contribution in [0.25, 0.3) is 0 Å². The van der Waals surface area contributed by atoms with E-state index in [0.717, 1.165) is 5.69 Å². The lowest BCUT2D eigenvalue weighted by molar-refractivity contribution is 0.0740. The second-order valence-corrected chi connectivity index (χ2v) is 5.79. The average molecular weight is 344 g/mol. The number of amides is 1. The van der Waals surface area contributed by atoms with Crippen LogP contribution in [0.2, 0.25) is 0 Å². The van der Waals surface area contributed by atoms with Crippen molar-refractivity contribution in [1.82, 2.24) is 4.90 Å². The number of ether oxygens (including phenoxy) is 2. The number of carbonyl (C=O) groups excluding carboxylic acids is 1. The first-order valence-corrected chi connectivity index (χ1v) is 8.15. The molecule has 0 saturated carbocycles. The Morgan fingerprint density at radius 3 is 2.00 bits per heavy atom. The predicted molar refractivity (Wildman–Crippen MR) is 94.1 cm³/mol. The van der Waals surface area contributed by atoms with E-state index < -0.39 is 0 Å². The summed E-state index contributed by atoms with van der Waals surface area (Å²) >= 11 is 0. The third kappa shape index (κ3) is 3.52. The van der Waals surface area contributed by atoms with Crippen LogP contribution in [0.4, 0.5) is 10.1 Å². The molecule has 5 nitrogen and oxygen atoms in total. The summed E-state index contributed by atoms with van der Waals surface area (Å²) < 4.78 is 23.7. The smallest absolute Gasteiger partial charge is 0.261 e. The molecule has 1 amide bonds. The largest absolute Gasteiger partial charge is 0.496 e. The van der Waals surface area contributed by atoms with Crippen LogP contribution in [0.1, 0.15) is 10.4 Å². The number of anilines is 1. The van der Waals surface area contributed by atoms with Gasteiger partial charge in [-0.2, -0.15) is 0 Å². The van der Waals surface area contributed by atoms with Crippen molar-refractivity contribution in [2.45, 2.75) is 0 Å². The van der Waals surface area contributed by atoms with E-state index in [-0.39, 0.29) is 11.7 Å². The van der Waals surface area contributed by atoms with Gasteiger partial charge in [0.15, 0.2) is 0 Å². The van der Waals surface area contributed by atoms with Gasteiger partial charge in [-0.15, -0.1) is 0 Å². The Hall–Kier alpha value is -2.76. The van der Waals surface area contributed by atoms with Crippen molar-refractivity contribution in [2.24, 2.45) is 0 Å². The molecule has 25 heavy (non-hydrogen) atoms. The Labute approximate surface area is 146 Å². The molecule has 1 aliphatic heterocycles. The van der Waals surface area contributed by atoms with Crippen LogP contribution in [-0.2, 0) is 0 Å². The zero-order valence-electron chi connectivity index (χ0n) is 14.4. The summed E-state index contributed by atoms with van der Waals surface area (Å²) in [7, 11) is 3.08. The van der Waals surface area contributed by atoms with Crippen molar-refractivity contribution < 1.29 is 18.7 Å². The monoisotopic (exact) mass is 344 g/mol. The number of benzene rings is 2. The predicted octanol–water partition coefficient (Wildman–Crippen LogP) is 2.81. The van der Waals surface area contributed by atoms with Gasteiger partial charge < -0.3 is 19.3 Å². The fourth-order valence-corrected chi connectivity index (χ4v) is 3.04. The van der Waals surface area contributed by atoms with Crippen molar-refractivity contribution in [2.75, 3.05) is 45.3 Å². The maximum absolute atomic E-state index is 13.1. The zero-order chi connectivity index (χ0) is 17.8. The van der Waals surface area contributed by atoms with Crippen molar-refractivity contribution in [3.63, 3.8) is 0 Å². The van der Waals surface area contributed by atoms with E-state index in [4.69, 9.17) is 9.47 Å². The van der Waals surface area contributed by atoms with Crippen molar-refractivity contribution >= 4 is 11.6 Å². The van der Waals surface area contributed by atoms with E-state index >= 15 is 0 Å². The van der Waals surface area contributed by atoms with Crippen LogP contribution >= 0.6 is 0 Å². The molecule has 0 bridgehead atoms. The van der Waals surface area contributed by atoms with E-state index in [0.29, 0.717) is 43.2 Å². The van der Waals surface area contributed by atoms with Gasteiger partial charge in [0.1, 0.15) is 22.9 Å². The topological polar surface area (TPSA) is 42.0 Å². The van der Waals surface area contributed by atoms with Gasteiger partial charge in [-0.25, -0.2) is 4.39 Å². The SMILES string of the molecule is COc1cccc(OC)c1C(=O)N1CCN(c2ccc(F)cc2)CC1. The van der Waals surface area contributed by atoms with Gasteiger partial charge in [0.2, 0.25) is 0 Å². The minimum Gasteiger partial charge on any atom is -0.496 e. The third-order valence-electron chi connectivity index (χ3n) is 4.40. The first kappa shape index (κ1) is 17.1. The fourth-order valence-electron chi connectivity index (χ4n) is 3.04. The molecule has 1 aliphatic rings. The Morgan fingerprint density at radius 2 is 1.48 bits per heavy atom. The van der Waals surface area contributed by atoms with E-state index in [2.05, 4.69) is 4.90 Å². The molecule has 2 aromatic rings. The summed E-state index contributed by atoms with van der Waals surface area (Å²) in [6.07, 6.45) is 0. The molecule has 1 fully saturated rings. The van der Waals surface area contributed by atoms with Gasteiger partial charge >= 0.3 is 0 Å². The molecule has 132 valence electrons. The standard InChI is InChI=1S/C19H21FN2O3/c1-24-16-4-3-5-17(25-2)18(16)19(23)22-12-10-21(11-13-22)15-8-6-14(20)7-9-15/h3-9H,10-13H2,1-2H3. The Kier molecular flexibility index (Phi) is 5.07. The highest BCUT2D eigenvalue weighted by Gasteiger charge is 2.27. The number of halogens is 1.